The van der Waals surface area contributed by atoms with Crippen LogP contribution in [0.25, 0.3) is 6.08 Å². The van der Waals surface area contributed by atoms with Gasteiger partial charge in [0, 0.05) is 25.0 Å². The highest BCUT2D eigenvalue weighted by Crippen LogP contribution is 2.27. The summed E-state index contributed by atoms with van der Waals surface area (Å²) in [7, 11) is 4.04. The zero-order chi connectivity index (χ0) is 13.7. The summed E-state index contributed by atoms with van der Waals surface area (Å²) in [4.78, 5) is 2.18. The van der Waals surface area contributed by atoms with Gasteiger partial charge in [0.05, 0.1) is 0 Å². The van der Waals surface area contributed by atoms with Crippen LogP contribution in [0.2, 0.25) is 0 Å². The average molecular weight is 252 g/mol. The lowest BCUT2D eigenvalue weighted by Gasteiger charge is -2.22. The van der Waals surface area contributed by atoms with Gasteiger partial charge >= 0.3 is 0 Å². The molecule has 0 saturated heterocycles. The molecule has 0 bridgehead atoms. The molecule has 2 aromatic carbocycles. The van der Waals surface area contributed by atoms with E-state index in [9.17, 15) is 0 Å². The monoisotopic (exact) mass is 252 g/mol. The summed E-state index contributed by atoms with van der Waals surface area (Å²) in [6.45, 7) is 4.77. The van der Waals surface area contributed by atoms with Crippen LogP contribution in [0.5, 0.6) is 0 Å². The summed E-state index contributed by atoms with van der Waals surface area (Å²) < 4.78 is 0. The van der Waals surface area contributed by atoms with Crippen LogP contribution in [0.15, 0.2) is 55.1 Å². The van der Waals surface area contributed by atoms with Crippen LogP contribution < -0.4 is 10.2 Å². The van der Waals surface area contributed by atoms with E-state index in [0.717, 1.165) is 12.1 Å². The average Bonchev–Trinajstić information content (AvgIpc) is 2.47. The highest BCUT2D eigenvalue weighted by molar-refractivity contribution is 5.73. The van der Waals surface area contributed by atoms with Crippen molar-refractivity contribution in [1.29, 1.82) is 0 Å². The highest BCUT2D eigenvalue weighted by atomic mass is 15.1. The highest BCUT2D eigenvalue weighted by Gasteiger charge is 2.06. The Balaban J connectivity index is 2.28. The largest absolute Gasteiger partial charge is 0.344 e. The molecule has 1 N–H and O–H groups in total. The first-order valence-corrected chi connectivity index (χ1v) is 6.45. The number of rotatable bonds is 5. The van der Waals surface area contributed by atoms with Gasteiger partial charge in [-0.15, -0.1) is 0 Å². The molecule has 0 radical (unpaired) electrons. The fourth-order valence-corrected chi connectivity index (χ4v) is 2.15. The second-order valence-corrected chi connectivity index (χ2v) is 4.52. The third-order valence-corrected chi connectivity index (χ3v) is 3.22. The zero-order valence-electron chi connectivity index (χ0n) is 11.6. The predicted molar refractivity (Wildman–Crippen MR) is 83.8 cm³/mol. The minimum atomic E-state index is 0.896. The van der Waals surface area contributed by atoms with Gasteiger partial charge in [-0.05, 0) is 36.4 Å². The Hall–Kier alpha value is -2.06. The maximum absolute atomic E-state index is 3.87. The summed E-state index contributed by atoms with van der Waals surface area (Å²) in [5, 5.41) is 3.16. The minimum absolute atomic E-state index is 0.896. The van der Waals surface area contributed by atoms with Crippen molar-refractivity contribution in [2.24, 2.45) is 0 Å². The molecule has 0 aromatic heterocycles. The van der Waals surface area contributed by atoms with E-state index in [1.807, 2.05) is 25.3 Å². The van der Waals surface area contributed by atoms with Crippen LogP contribution in [0.3, 0.4) is 0 Å². The van der Waals surface area contributed by atoms with Crippen molar-refractivity contribution in [2.45, 2.75) is 6.54 Å². The molecular formula is C17H20N2. The topological polar surface area (TPSA) is 15.3 Å². The van der Waals surface area contributed by atoms with Gasteiger partial charge in [0.25, 0.3) is 0 Å². The fourth-order valence-electron chi connectivity index (χ4n) is 2.15. The Labute approximate surface area is 115 Å². The fraction of sp³-hybridized carbons (Fsp3) is 0.176. The second-order valence-electron chi connectivity index (χ2n) is 4.52. The molecule has 2 nitrogen and oxygen atoms in total. The van der Waals surface area contributed by atoms with Gasteiger partial charge in [-0.2, -0.15) is 0 Å². The molecule has 0 atom stereocenters. The molecule has 0 unspecified atom stereocenters. The van der Waals surface area contributed by atoms with Crippen LogP contribution in [0.1, 0.15) is 11.1 Å². The summed E-state index contributed by atoms with van der Waals surface area (Å²) in [5.41, 5.74) is 4.77. The van der Waals surface area contributed by atoms with E-state index < -0.39 is 0 Å². The zero-order valence-corrected chi connectivity index (χ0v) is 11.6. The van der Waals surface area contributed by atoms with Crippen molar-refractivity contribution in [1.82, 2.24) is 5.32 Å². The molecule has 0 aliphatic heterocycles. The molecular weight excluding hydrogens is 232 g/mol. The molecule has 19 heavy (non-hydrogen) atoms. The molecule has 0 aliphatic carbocycles. The summed E-state index contributed by atoms with van der Waals surface area (Å²) in [6, 6.07) is 16.9. The van der Waals surface area contributed by atoms with Crippen LogP contribution >= 0.6 is 0 Å². The van der Waals surface area contributed by atoms with Gasteiger partial charge in [0.15, 0.2) is 0 Å². The number of hydrogen-bond acceptors (Lipinski definition) is 2. The molecule has 2 aromatic rings. The first-order chi connectivity index (χ1) is 9.26. The van der Waals surface area contributed by atoms with Crippen LogP contribution in [0.4, 0.5) is 11.4 Å². The van der Waals surface area contributed by atoms with Crippen molar-refractivity contribution >= 4 is 17.5 Å². The van der Waals surface area contributed by atoms with Gasteiger partial charge in [-0.1, -0.05) is 43.0 Å². The molecule has 2 heteroatoms. The number of nitrogens with zero attached hydrogens (tertiary/aromatic N) is 1. The van der Waals surface area contributed by atoms with Crippen LogP contribution in [0, 0.1) is 0 Å². The van der Waals surface area contributed by atoms with Gasteiger partial charge in [-0.25, -0.2) is 0 Å². The summed E-state index contributed by atoms with van der Waals surface area (Å²) >= 11 is 0. The van der Waals surface area contributed by atoms with Crippen LogP contribution in [-0.4, -0.2) is 14.1 Å². The third kappa shape index (κ3) is 3.04. The van der Waals surface area contributed by atoms with Crippen molar-refractivity contribution in [3.8, 4) is 0 Å². The van der Waals surface area contributed by atoms with Gasteiger partial charge in [-0.3, -0.25) is 0 Å². The van der Waals surface area contributed by atoms with E-state index in [4.69, 9.17) is 0 Å². The SMILES string of the molecule is C=Cc1ccccc1N(C)c1ccc(CNC)cc1. The number of hydrogen-bond donors (Lipinski definition) is 1. The number of nitrogens with one attached hydrogen (secondary N) is 1. The lowest BCUT2D eigenvalue weighted by molar-refractivity contribution is 0.818. The second kappa shape index (κ2) is 6.21. The van der Waals surface area contributed by atoms with Crippen molar-refractivity contribution in [3.63, 3.8) is 0 Å². The first kappa shape index (κ1) is 13.4. The predicted octanol–water partition coefficient (Wildman–Crippen LogP) is 3.82. The van der Waals surface area contributed by atoms with E-state index in [1.165, 1.54) is 16.9 Å². The molecule has 2 rings (SSSR count). The summed E-state index contributed by atoms with van der Waals surface area (Å²) in [5.74, 6) is 0. The van der Waals surface area contributed by atoms with E-state index in [0.29, 0.717) is 0 Å². The van der Waals surface area contributed by atoms with Crippen molar-refractivity contribution in [3.05, 3.63) is 66.2 Å². The van der Waals surface area contributed by atoms with Crippen molar-refractivity contribution < 1.29 is 0 Å². The van der Waals surface area contributed by atoms with E-state index in [2.05, 4.69) is 60.2 Å². The summed E-state index contributed by atoms with van der Waals surface area (Å²) in [6.07, 6.45) is 1.89. The normalized spacial score (nSPS) is 10.2. The molecule has 0 aliphatic rings. The number of benzene rings is 2. The molecule has 0 fully saturated rings. The smallest absolute Gasteiger partial charge is 0.0481 e. The molecule has 0 amide bonds. The minimum Gasteiger partial charge on any atom is -0.344 e. The Morgan fingerprint density at radius 3 is 2.42 bits per heavy atom. The number of anilines is 2. The molecule has 98 valence electrons. The molecule has 0 saturated carbocycles. The Morgan fingerprint density at radius 1 is 1.11 bits per heavy atom. The Bertz CT molecular complexity index is 543. The Morgan fingerprint density at radius 2 is 1.79 bits per heavy atom. The number of para-hydroxylation sites is 1. The Kier molecular flexibility index (Phi) is 4.37. The maximum Gasteiger partial charge on any atom is 0.0481 e. The maximum atomic E-state index is 3.87. The van der Waals surface area contributed by atoms with Gasteiger partial charge < -0.3 is 10.2 Å². The third-order valence-electron chi connectivity index (χ3n) is 3.22. The van der Waals surface area contributed by atoms with E-state index in [-0.39, 0.29) is 0 Å². The quantitative estimate of drug-likeness (QED) is 0.870. The van der Waals surface area contributed by atoms with Crippen molar-refractivity contribution in [2.75, 3.05) is 19.0 Å². The van der Waals surface area contributed by atoms with E-state index >= 15 is 0 Å². The van der Waals surface area contributed by atoms with Gasteiger partial charge in [0.2, 0.25) is 0 Å². The van der Waals surface area contributed by atoms with Gasteiger partial charge in [0.1, 0.15) is 0 Å². The van der Waals surface area contributed by atoms with E-state index in [1.54, 1.807) is 0 Å². The lowest BCUT2D eigenvalue weighted by Crippen LogP contribution is -2.11. The molecule has 0 spiro atoms. The van der Waals surface area contributed by atoms with Crippen LogP contribution in [-0.2, 0) is 6.54 Å². The lowest BCUT2D eigenvalue weighted by atomic mass is 10.1. The first-order valence-electron chi connectivity index (χ1n) is 6.45. The molecule has 0 heterocycles. The standard InChI is InChI=1S/C17H20N2/c1-4-15-7-5-6-8-17(15)19(3)16-11-9-14(10-12-16)13-18-2/h4-12,18H,1,13H2,2-3H3.